The third kappa shape index (κ3) is 8.88. The van der Waals surface area contributed by atoms with Gasteiger partial charge < -0.3 is 16.0 Å². The van der Waals surface area contributed by atoms with Crippen LogP contribution in [-0.2, 0) is 6.18 Å². The lowest BCUT2D eigenvalue weighted by molar-refractivity contribution is -0.137. The van der Waals surface area contributed by atoms with Crippen LogP contribution in [0.4, 0.5) is 24.5 Å². The molecule has 2 aromatic carbocycles. The smallest absolute Gasteiger partial charge is 0.394 e. The molecule has 2 rings (SSSR count). The highest BCUT2D eigenvalue weighted by Crippen LogP contribution is 2.31. The van der Waals surface area contributed by atoms with Crippen LogP contribution in [0.25, 0.3) is 0 Å². The van der Waals surface area contributed by atoms with Gasteiger partial charge in [-0.3, -0.25) is 4.79 Å². The molecule has 0 saturated heterocycles. The molecule has 2 aromatic rings. The third-order valence-corrected chi connectivity index (χ3v) is 4.20. The van der Waals surface area contributed by atoms with E-state index in [1.54, 1.807) is 24.3 Å². The van der Waals surface area contributed by atoms with Crippen molar-refractivity contribution in [1.82, 2.24) is 5.32 Å². The fourth-order valence-electron chi connectivity index (χ4n) is 2.64. The second-order valence-corrected chi connectivity index (χ2v) is 6.27. The molecule has 0 aliphatic rings. The van der Waals surface area contributed by atoms with E-state index in [1.165, 1.54) is 12.1 Å². The Morgan fingerprint density at radius 1 is 1.10 bits per heavy atom. The third-order valence-electron chi connectivity index (χ3n) is 4.20. The second-order valence-electron chi connectivity index (χ2n) is 6.27. The Kier molecular flexibility index (Phi) is 11.5. The van der Waals surface area contributed by atoms with Gasteiger partial charge in [-0.25, -0.2) is 0 Å². The van der Waals surface area contributed by atoms with E-state index in [1.807, 2.05) is 38.2 Å². The summed E-state index contributed by atoms with van der Waals surface area (Å²) in [5.74, 6) is 1.33. The second kappa shape index (κ2) is 13.5. The van der Waals surface area contributed by atoms with Crippen LogP contribution in [0.1, 0.15) is 29.3 Å². The zero-order valence-corrected chi connectivity index (χ0v) is 19.3. The summed E-state index contributed by atoms with van der Waals surface area (Å²) in [6, 6.07) is 11.5. The van der Waals surface area contributed by atoms with Crippen molar-refractivity contribution in [2.24, 2.45) is 0 Å². The quantitative estimate of drug-likeness (QED) is 0.290. The lowest BCUT2D eigenvalue weighted by Crippen LogP contribution is -2.16. The van der Waals surface area contributed by atoms with Gasteiger partial charge in [0.2, 0.25) is 0 Å². The lowest BCUT2D eigenvalue weighted by Gasteiger charge is -2.14. The maximum Gasteiger partial charge on any atom is 0.416 e. The van der Waals surface area contributed by atoms with Gasteiger partial charge in [0.25, 0.3) is 5.91 Å². The van der Waals surface area contributed by atoms with Crippen molar-refractivity contribution in [3.8, 4) is 0 Å². The number of hydrogen-bond acceptors (Lipinski definition) is 3. The first-order valence-corrected chi connectivity index (χ1v) is 11.1. The summed E-state index contributed by atoms with van der Waals surface area (Å²) >= 11 is 2.94. The van der Waals surface area contributed by atoms with E-state index >= 15 is 0 Å². The Morgan fingerprint density at radius 3 is 2.45 bits per heavy atom. The Morgan fingerprint density at radius 2 is 1.81 bits per heavy atom. The van der Waals surface area contributed by atoms with Crippen molar-refractivity contribution in [3.63, 3.8) is 0 Å². The molecule has 4 nitrogen and oxygen atoms in total. The van der Waals surface area contributed by atoms with Gasteiger partial charge in [-0.05, 0) is 55.7 Å². The molecule has 168 valence electrons. The fourth-order valence-corrected chi connectivity index (χ4v) is 2.64. The minimum Gasteiger partial charge on any atom is -0.394 e. The number of benzene rings is 2. The Labute approximate surface area is 189 Å². The first kappa shape index (κ1) is 26.3. The molecule has 8 heteroatoms. The lowest BCUT2D eigenvalue weighted by atomic mass is 10.1. The highest BCUT2D eigenvalue weighted by atomic mass is 79.9. The largest absolute Gasteiger partial charge is 0.416 e. The topological polar surface area (TPSA) is 53.2 Å². The minimum absolute atomic E-state index is 0.0889. The number of carbonyl (C=O) groups is 1. The van der Waals surface area contributed by atoms with Crippen LogP contribution in [0.15, 0.2) is 72.5 Å². The molecule has 0 aromatic heterocycles. The fraction of sp³-hybridized carbons (Fsp3) is 0.261. The van der Waals surface area contributed by atoms with Gasteiger partial charge in [-0.1, -0.05) is 51.9 Å². The van der Waals surface area contributed by atoms with Gasteiger partial charge in [-0.15, -0.1) is 0 Å². The van der Waals surface area contributed by atoms with Crippen molar-refractivity contribution < 1.29 is 18.0 Å². The van der Waals surface area contributed by atoms with Crippen LogP contribution >= 0.6 is 15.9 Å². The molecule has 0 unspecified atom stereocenters. The molecule has 0 fully saturated rings. The first-order valence-electron chi connectivity index (χ1n) is 9.50. The number of allylic oxidation sites excluding steroid dienone is 2. The molecule has 3 N–H and O–H groups in total. The molecule has 0 atom stereocenters. The van der Waals surface area contributed by atoms with E-state index in [4.69, 9.17) is 0 Å². The number of carbonyl (C=O) groups excluding carboxylic acids is 1. The van der Waals surface area contributed by atoms with Gasteiger partial charge in [0.05, 0.1) is 11.1 Å². The maximum atomic E-state index is 12.9. The number of rotatable bonds is 8. The molecule has 0 heterocycles. The highest BCUT2D eigenvalue weighted by molar-refractivity contribution is 9.08. The monoisotopic (exact) mass is 497 g/mol. The standard InChI is InChI=1S/C22H24F3N3O.CH3Br/c1-3-16(8-7-13-26-2)15-27-20-12-5-4-11-19(20)21(29)28-18-10-6-9-17(14-18)22(23,24)25;1-2/h3-7,9-14,26-27H,8,15H2,1-2H3,(H,28,29);1H3/b13-7-,16-3+;. The number of alkyl halides is 4. The molecular formula is C23H27BrF3N3O. The molecule has 0 spiro atoms. The Balaban J connectivity index is 0.00000233. The highest BCUT2D eigenvalue weighted by Gasteiger charge is 2.30. The summed E-state index contributed by atoms with van der Waals surface area (Å²) < 4.78 is 38.6. The maximum absolute atomic E-state index is 12.9. The van der Waals surface area contributed by atoms with Crippen molar-refractivity contribution in [3.05, 3.63) is 83.6 Å². The number of nitrogens with one attached hydrogen (secondary N) is 3. The number of para-hydroxylation sites is 1. The zero-order valence-electron chi connectivity index (χ0n) is 17.7. The van der Waals surface area contributed by atoms with Gasteiger partial charge in [0.1, 0.15) is 0 Å². The van der Waals surface area contributed by atoms with Crippen molar-refractivity contribution in [1.29, 1.82) is 0 Å². The predicted octanol–water partition coefficient (Wildman–Crippen LogP) is 6.45. The molecule has 0 saturated carbocycles. The van der Waals surface area contributed by atoms with Crippen molar-refractivity contribution >= 4 is 33.2 Å². The number of hydrogen-bond donors (Lipinski definition) is 3. The Bertz CT molecular complexity index is 896. The molecule has 0 radical (unpaired) electrons. The molecule has 1 amide bonds. The van der Waals surface area contributed by atoms with Gasteiger partial charge in [0, 0.05) is 25.0 Å². The van der Waals surface area contributed by atoms with Crippen molar-refractivity contribution in [2.45, 2.75) is 19.5 Å². The van der Waals surface area contributed by atoms with Crippen LogP contribution in [0.5, 0.6) is 0 Å². The molecule has 0 aliphatic heterocycles. The molecule has 31 heavy (non-hydrogen) atoms. The van der Waals surface area contributed by atoms with E-state index in [0.29, 0.717) is 17.8 Å². The van der Waals surface area contributed by atoms with Crippen LogP contribution in [-0.4, -0.2) is 25.3 Å². The minimum atomic E-state index is -4.47. The zero-order chi connectivity index (χ0) is 23.3. The van der Waals surface area contributed by atoms with E-state index < -0.39 is 17.6 Å². The average Bonchev–Trinajstić information content (AvgIpc) is 2.77. The summed E-state index contributed by atoms with van der Waals surface area (Å²) in [6.07, 6.45) is 2.12. The van der Waals surface area contributed by atoms with E-state index in [2.05, 4.69) is 31.9 Å². The average molecular weight is 498 g/mol. The van der Waals surface area contributed by atoms with Crippen LogP contribution in [0.2, 0.25) is 0 Å². The molecule has 0 bridgehead atoms. The SMILES string of the molecule is C/C=C(\C/C=C\NC)CNc1ccccc1C(=O)Nc1cccc(C(F)(F)F)c1.CBr. The van der Waals surface area contributed by atoms with Gasteiger partial charge in [0.15, 0.2) is 0 Å². The van der Waals surface area contributed by atoms with Crippen LogP contribution in [0.3, 0.4) is 0 Å². The number of amides is 1. The first-order chi connectivity index (χ1) is 14.8. The summed E-state index contributed by atoms with van der Waals surface area (Å²) in [6.45, 7) is 2.48. The van der Waals surface area contributed by atoms with E-state index in [0.717, 1.165) is 24.1 Å². The Hall–Kier alpha value is -2.74. The summed E-state index contributed by atoms with van der Waals surface area (Å²) in [5, 5.41) is 8.70. The molecule has 0 aliphatic carbocycles. The van der Waals surface area contributed by atoms with Crippen LogP contribution in [0, 0.1) is 0 Å². The van der Waals surface area contributed by atoms with Gasteiger partial charge >= 0.3 is 6.18 Å². The number of anilines is 2. The van der Waals surface area contributed by atoms with Crippen LogP contribution < -0.4 is 16.0 Å². The number of halogens is 4. The summed E-state index contributed by atoms with van der Waals surface area (Å²) in [4.78, 5) is 12.7. The predicted molar refractivity (Wildman–Crippen MR) is 126 cm³/mol. The normalized spacial score (nSPS) is 11.5. The molecular weight excluding hydrogens is 471 g/mol. The van der Waals surface area contributed by atoms with Crippen molar-refractivity contribution in [2.75, 3.05) is 30.1 Å². The van der Waals surface area contributed by atoms with Gasteiger partial charge in [-0.2, -0.15) is 13.2 Å². The summed E-state index contributed by atoms with van der Waals surface area (Å²) in [5.41, 5.74) is 1.37. The van der Waals surface area contributed by atoms with E-state index in [-0.39, 0.29) is 5.69 Å². The van der Waals surface area contributed by atoms with E-state index in [9.17, 15) is 18.0 Å². The summed E-state index contributed by atoms with van der Waals surface area (Å²) in [7, 11) is 1.82.